The lowest BCUT2D eigenvalue weighted by Gasteiger charge is -2.24. The van der Waals surface area contributed by atoms with Crippen molar-refractivity contribution in [2.24, 2.45) is 0 Å². The molecule has 0 bridgehead atoms. The van der Waals surface area contributed by atoms with Gasteiger partial charge < -0.3 is 15.3 Å². The third kappa shape index (κ3) is 4.47. The molecule has 1 saturated heterocycles. The second kappa shape index (κ2) is 8.07. The number of amides is 2. The molecule has 1 aliphatic heterocycles. The maximum atomic E-state index is 12.8. The summed E-state index contributed by atoms with van der Waals surface area (Å²) < 4.78 is 0. The Hall–Kier alpha value is -3.15. The summed E-state index contributed by atoms with van der Waals surface area (Å²) in [5.41, 5.74) is 2.36. The van der Waals surface area contributed by atoms with Crippen LogP contribution in [0.4, 0.5) is 5.69 Å². The summed E-state index contributed by atoms with van der Waals surface area (Å²) >= 11 is 0. The molecule has 0 aromatic heterocycles. The number of nitrogens with zero attached hydrogens (tertiary/aromatic N) is 1. The summed E-state index contributed by atoms with van der Waals surface area (Å²) in [6.07, 6.45) is 0.844. The van der Waals surface area contributed by atoms with Gasteiger partial charge in [0.25, 0.3) is 0 Å². The van der Waals surface area contributed by atoms with Crippen LogP contribution in [0.3, 0.4) is 0 Å². The van der Waals surface area contributed by atoms with Crippen molar-refractivity contribution in [2.75, 3.05) is 5.32 Å². The first-order valence-corrected chi connectivity index (χ1v) is 9.68. The molecule has 0 radical (unpaired) electrons. The third-order valence-electron chi connectivity index (χ3n) is 5.51. The zero-order valence-electron chi connectivity index (χ0n) is 16.9. The SMILES string of the molecule is Cc1ccc(CN2C(=O)CCC2C(=O)Nc2ccc(C(C)(C)C(=O)O)cc2)cc1. The molecule has 29 heavy (non-hydrogen) atoms. The zero-order chi connectivity index (χ0) is 21.2. The van der Waals surface area contributed by atoms with E-state index in [1.54, 1.807) is 43.0 Å². The summed E-state index contributed by atoms with van der Waals surface area (Å²) in [6.45, 7) is 5.68. The fourth-order valence-electron chi connectivity index (χ4n) is 3.41. The molecule has 6 heteroatoms. The molecule has 0 saturated carbocycles. The smallest absolute Gasteiger partial charge is 0.313 e. The van der Waals surface area contributed by atoms with Crippen molar-refractivity contribution in [1.82, 2.24) is 4.90 Å². The molecule has 2 aromatic carbocycles. The zero-order valence-corrected chi connectivity index (χ0v) is 16.9. The fourth-order valence-corrected chi connectivity index (χ4v) is 3.41. The van der Waals surface area contributed by atoms with Crippen LogP contribution < -0.4 is 5.32 Å². The van der Waals surface area contributed by atoms with Crippen molar-refractivity contribution in [3.63, 3.8) is 0 Å². The van der Waals surface area contributed by atoms with Gasteiger partial charge in [0, 0.05) is 18.7 Å². The molecule has 0 aliphatic carbocycles. The summed E-state index contributed by atoms with van der Waals surface area (Å²) in [4.78, 5) is 38.1. The van der Waals surface area contributed by atoms with E-state index in [-0.39, 0.29) is 11.8 Å². The van der Waals surface area contributed by atoms with E-state index in [1.807, 2.05) is 31.2 Å². The minimum atomic E-state index is -1.01. The van der Waals surface area contributed by atoms with E-state index in [4.69, 9.17) is 0 Å². The summed E-state index contributed by atoms with van der Waals surface area (Å²) in [7, 11) is 0. The van der Waals surface area contributed by atoms with Crippen LogP contribution in [-0.4, -0.2) is 33.8 Å². The lowest BCUT2D eigenvalue weighted by atomic mass is 9.85. The lowest BCUT2D eigenvalue weighted by Crippen LogP contribution is -2.41. The van der Waals surface area contributed by atoms with E-state index in [1.165, 1.54) is 0 Å². The molecule has 1 heterocycles. The number of aliphatic carboxylic acids is 1. The Kier molecular flexibility index (Phi) is 5.73. The fraction of sp³-hybridized carbons (Fsp3) is 0.348. The molecule has 2 aromatic rings. The van der Waals surface area contributed by atoms with Crippen LogP contribution in [-0.2, 0) is 26.3 Å². The van der Waals surface area contributed by atoms with E-state index in [2.05, 4.69) is 5.32 Å². The van der Waals surface area contributed by atoms with Crippen molar-refractivity contribution >= 4 is 23.5 Å². The number of carbonyl (C=O) groups is 3. The molecule has 6 nitrogen and oxygen atoms in total. The largest absolute Gasteiger partial charge is 0.481 e. The lowest BCUT2D eigenvalue weighted by molar-refractivity contribution is -0.142. The number of aryl methyl sites for hydroxylation is 1. The maximum Gasteiger partial charge on any atom is 0.313 e. The molecule has 3 rings (SSSR count). The highest BCUT2D eigenvalue weighted by Gasteiger charge is 2.36. The number of hydrogen-bond donors (Lipinski definition) is 2. The van der Waals surface area contributed by atoms with Crippen molar-refractivity contribution in [3.8, 4) is 0 Å². The summed E-state index contributed by atoms with van der Waals surface area (Å²) in [5.74, 6) is -1.16. The van der Waals surface area contributed by atoms with Gasteiger partial charge in [-0.25, -0.2) is 0 Å². The van der Waals surface area contributed by atoms with Crippen LogP contribution in [0, 0.1) is 6.92 Å². The molecule has 2 N–H and O–H groups in total. The molecule has 152 valence electrons. The highest BCUT2D eigenvalue weighted by atomic mass is 16.4. The van der Waals surface area contributed by atoms with Crippen LogP contribution in [0.5, 0.6) is 0 Å². The predicted octanol–water partition coefficient (Wildman–Crippen LogP) is 3.49. The highest BCUT2D eigenvalue weighted by Crippen LogP contribution is 2.26. The maximum absolute atomic E-state index is 12.8. The minimum absolute atomic E-state index is 0.0238. The van der Waals surface area contributed by atoms with Gasteiger partial charge in [-0.05, 0) is 50.5 Å². The van der Waals surface area contributed by atoms with Gasteiger partial charge in [0.2, 0.25) is 11.8 Å². The van der Waals surface area contributed by atoms with Gasteiger partial charge in [0.1, 0.15) is 6.04 Å². The van der Waals surface area contributed by atoms with E-state index in [0.29, 0.717) is 30.6 Å². The Balaban J connectivity index is 1.69. The highest BCUT2D eigenvalue weighted by molar-refractivity contribution is 5.99. The second-order valence-electron chi connectivity index (χ2n) is 8.06. The Morgan fingerprint density at radius 3 is 2.31 bits per heavy atom. The van der Waals surface area contributed by atoms with Crippen LogP contribution in [0.2, 0.25) is 0 Å². The number of rotatable bonds is 6. The van der Waals surface area contributed by atoms with Crippen molar-refractivity contribution in [2.45, 2.75) is 51.6 Å². The van der Waals surface area contributed by atoms with Crippen LogP contribution in [0.15, 0.2) is 48.5 Å². The second-order valence-corrected chi connectivity index (χ2v) is 8.06. The molecule has 0 spiro atoms. The molecular weight excluding hydrogens is 368 g/mol. The Morgan fingerprint density at radius 1 is 1.10 bits per heavy atom. The number of carboxylic acid groups (broad SMARTS) is 1. The van der Waals surface area contributed by atoms with Gasteiger partial charge in [-0.2, -0.15) is 0 Å². The Labute approximate surface area is 170 Å². The van der Waals surface area contributed by atoms with Crippen LogP contribution >= 0.6 is 0 Å². The molecule has 1 fully saturated rings. The van der Waals surface area contributed by atoms with E-state index < -0.39 is 17.4 Å². The number of benzene rings is 2. The normalized spacial score (nSPS) is 16.7. The van der Waals surface area contributed by atoms with E-state index in [9.17, 15) is 19.5 Å². The topological polar surface area (TPSA) is 86.7 Å². The third-order valence-corrected chi connectivity index (χ3v) is 5.51. The first-order valence-electron chi connectivity index (χ1n) is 9.68. The summed E-state index contributed by atoms with van der Waals surface area (Å²) in [6, 6.07) is 14.2. The number of carboxylic acids is 1. The number of nitrogens with one attached hydrogen (secondary N) is 1. The Morgan fingerprint density at radius 2 is 1.72 bits per heavy atom. The quantitative estimate of drug-likeness (QED) is 0.785. The average Bonchev–Trinajstić information content (AvgIpc) is 3.04. The number of anilines is 1. The molecule has 1 unspecified atom stereocenters. The molecule has 2 amide bonds. The average molecular weight is 394 g/mol. The summed E-state index contributed by atoms with van der Waals surface area (Å²) in [5, 5.41) is 12.2. The first-order chi connectivity index (χ1) is 13.7. The van der Waals surface area contributed by atoms with Crippen molar-refractivity contribution < 1.29 is 19.5 Å². The van der Waals surface area contributed by atoms with Crippen LogP contribution in [0.25, 0.3) is 0 Å². The van der Waals surface area contributed by atoms with Gasteiger partial charge in [-0.3, -0.25) is 14.4 Å². The Bertz CT molecular complexity index is 917. The minimum Gasteiger partial charge on any atom is -0.481 e. The van der Waals surface area contributed by atoms with E-state index >= 15 is 0 Å². The van der Waals surface area contributed by atoms with Crippen molar-refractivity contribution in [1.29, 1.82) is 0 Å². The van der Waals surface area contributed by atoms with Gasteiger partial charge in [0.05, 0.1) is 5.41 Å². The van der Waals surface area contributed by atoms with Gasteiger partial charge in [-0.15, -0.1) is 0 Å². The monoisotopic (exact) mass is 394 g/mol. The molecular formula is C23H26N2O4. The first kappa shape index (κ1) is 20.6. The molecule has 1 atom stereocenters. The number of likely N-dealkylation sites (tertiary alicyclic amines) is 1. The standard InChI is InChI=1S/C23H26N2O4/c1-15-4-6-16(7-5-15)14-25-19(12-13-20(25)26)21(27)24-18-10-8-17(9-11-18)23(2,3)22(28)29/h4-11,19H,12-14H2,1-3H3,(H,24,27)(H,28,29). The van der Waals surface area contributed by atoms with Gasteiger partial charge in [-0.1, -0.05) is 42.0 Å². The number of carbonyl (C=O) groups excluding carboxylic acids is 2. The number of hydrogen-bond acceptors (Lipinski definition) is 3. The van der Waals surface area contributed by atoms with E-state index in [0.717, 1.165) is 11.1 Å². The van der Waals surface area contributed by atoms with Crippen molar-refractivity contribution in [3.05, 3.63) is 65.2 Å². The van der Waals surface area contributed by atoms with Gasteiger partial charge >= 0.3 is 5.97 Å². The molecule has 1 aliphatic rings. The van der Waals surface area contributed by atoms with Crippen LogP contribution in [0.1, 0.15) is 43.4 Å². The predicted molar refractivity (Wildman–Crippen MR) is 110 cm³/mol. The van der Waals surface area contributed by atoms with Gasteiger partial charge in [0.15, 0.2) is 0 Å².